The van der Waals surface area contributed by atoms with E-state index in [-0.39, 0.29) is 16.8 Å². The first-order chi connectivity index (χ1) is 15.5. The summed E-state index contributed by atoms with van der Waals surface area (Å²) in [6, 6.07) is -1.16. The van der Waals surface area contributed by atoms with Crippen LogP contribution in [-0.4, -0.2) is 61.9 Å². The molecule has 33 heavy (non-hydrogen) atoms. The number of methoxy groups -OCH3 is 1. The number of alkyl halides is 1. The minimum absolute atomic E-state index is 0.0590. The molecule has 0 aromatic carbocycles. The van der Waals surface area contributed by atoms with Gasteiger partial charge in [-0.15, -0.1) is 4.80 Å². The summed E-state index contributed by atoms with van der Waals surface area (Å²) in [4.78, 5) is 40.3. The van der Waals surface area contributed by atoms with Gasteiger partial charge in [-0.1, -0.05) is 11.3 Å². The van der Waals surface area contributed by atoms with Crippen LogP contribution in [0, 0.1) is 6.92 Å². The van der Waals surface area contributed by atoms with Crippen LogP contribution in [0.4, 0.5) is 4.39 Å². The van der Waals surface area contributed by atoms with E-state index in [2.05, 4.69) is 10.2 Å². The second kappa shape index (κ2) is 9.53. The van der Waals surface area contributed by atoms with Crippen LogP contribution in [0.15, 0.2) is 22.0 Å². The molecule has 0 aliphatic rings. The van der Waals surface area contributed by atoms with Crippen LogP contribution in [0.1, 0.15) is 38.8 Å². The third-order valence-corrected chi connectivity index (χ3v) is 6.63. The molecule has 1 unspecified atom stereocenters. The average Bonchev–Trinajstić information content (AvgIpc) is 3.38. The van der Waals surface area contributed by atoms with Gasteiger partial charge < -0.3 is 14.6 Å². The standard InChI is InChI=1S/C20H26FN5O6S/c1-11-13-15(27)25(20(3,4)18(28)29)19(30)24(12(2)14(21)32-10-6-9-31-5)17(13)33-16(11)26-22-7-8-23-26/h7-8,12,14H,6,9-10H2,1-5H3,(H,28,29)/t12?,14-/m0/s1. The number of aromatic nitrogens is 5. The summed E-state index contributed by atoms with van der Waals surface area (Å²) in [5, 5.41) is 18.4. The Morgan fingerprint density at radius 1 is 1.27 bits per heavy atom. The molecule has 0 fully saturated rings. The summed E-state index contributed by atoms with van der Waals surface area (Å²) in [5.41, 5.74) is -3.16. The normalized spacial score (nSPS) is 14.0. The number of thiophene rings is 1. The number of hydrogen-bond acceptors (Lipinski definition) is 8. The van der Waals surface area contributed by atoms with Crippen LogP contribution < -0.4 is 11.2 Å². The lowest BCUT2D eigenvalue weighted by molar-refractivity contribution is -0.146. The molecule has 3 aromatic heterocycles. The van der Waals surface area contributed by atoms with E-state index in [4.69, 9.17) is 9.47 Å². The third-order valence-electron chi connectivity index (χ3n) is 5.38. The molecule has 0 amide bonds. The Labute approximate surface area is 192 Å². The van der Waals surface area contributed by atoms with Crippen LogP contribution in [0.2, 0.25) is 0 Å². The van der Waals surface area contributed by atoms with Crippen molar-refractivity contribution in [3.63, 3.8) is 0 Å². The van der Waals surface area contributed by atoms with Crippen LogP contribution in [0.3, 0.4) is 0 Å². The molecule has 11 nitrogen and oxygen atoms in total. The molecular weight excluding hydrogens is 457 g/mol. The first-order valence-electron chi connectivity index (χ1n) is 10.2. The Balaban J connectivity index is 2.29. The van der Waals surface area contributed by atoms with Crippen molar-refractivity contribution >= 4 is 27.5 Å². The fraction of sp³-hybridized carbons (Fsp3) is 0.550. The molecule has 0 spiro atoms. The second-order valence-electron chi connectivity index (χ2n) is 8.00. The number of aryl methyl sites for hydroxylation is 1. The minimum atomic E-state index is -1.89. The Morgan fingerprint density at radius 2 is 1.91 bits per heavy atom. The number of fused-ring (bicyclic) bond motifs is 1. The summed E-state index contributed by atoms with van der Waals surface area (Å²) in [6.45, 7) is 6.00. The number of carboxylic acids is 1. The van der Waals surface area contributed by atoms with Gasteiger partial charge in [0.15, 0.2) is 0 Å². The van der Waals surface area contributed by atoms with Crippen molar-refractivity contribution in [3.8, 4) is 5.00 Å². The highest BCUT2D eigenvalue weighted by Crippen LogP contribution is 2.33. The minimum Gasteiger partial charge on any atom is -0.480 e. The average molecular weight is 484 g/mol. The summed E-state index contributed by atoms with van der Waals surface area (Å²) in [5.74, 6) is -1.38. The third kappa shape index (κ3) is 4.35. The van der Waals surface area contributed by atoms with Gasteiger partial charge in [0, 0.05) is 19.3 Å². The Morgan fingerprint density at radius 3 is 2.48 bits per heavy atom. The fourth-order valence-electron chi connectivity index (χ4n) is 3.42. The zero-order chi connectivity index (χ0) is 24.5. The van der Waals surface area contributed by atoms with E-state index in [0.29, 0.717) is 28.2 Å². The largest absolute Gasteiger partial charge is 0.480 e. The van der Waals surface area contributed by atoms with Crippen LogP contribution in [0.25, 0.3) is 15.2 Å². The van der Waals surface area contributed by atoms with Gasteiger partial charge in [0.1, 0.15) is 15.4 Å². The number of aliphatic carboxylic acids is 1. The van der Waals surface area contributed by atoms with E-state index < -0.39 is 35.2 Å². The molecule has 0 saturated heterocycles. The van der Waals surface area contributed by atoms with Gasteiger partial charge in [0.05, 0.1) is 30.4 Å². The molecule has 1 N–H and O–H groups in total. The first-order valence-corrected chi connectivity index (χ1v) is 11.0. The van der Waals surface area contributed by atoms with E-state index in [0.717, 1.165) is 15.9 Å². The van der Waals surface area contributed by atoms with E-state index in [9.17, 15) is 19.5 Å². The maximum atomic E-state index is 15.0. The number of rotatable bonds is 10. The predicted molar refractivity (Wildman–Crippen MR) is 119 cm³/mol. The molecule has 3 rings (SSSR count). The maximum Gasteiger partial charge on any atom is 0.333 e. The Kier molecular flexibility index (Phi) is 7.14. The van der Waals surface area contributed by atoms with Gasteiger partial charge >= 0.3 is 11.7 Å². The summed E-state index contributed by atoms with van der Waals surface area (Å²) < 4.78 is 26.9. The molecule has 180 valence electrons. The van der Waals surface area contributed by atoms with Crippen LogP contribution >= 0.6 is 11.3 Å². The van der Waals surface area contributed by atoms with Crippen LogP contribution in [0.5, 0.6) is 0 Å². The van der Waals surface area contributed by atoms with E-state index in [1.165, 1.54) is 45.1 Å². The topological polar surface area (TPSA) is 130 Å². The molecule has 0 aliphatic carbocycles. The molecule has 2 atom stereocenters. The SMILES string of the molecule is COCCCO[C@H](F)C(C)n1c(=O)n(C(C)(C)C(=O)O)c(=O)c2c(C)c(-n3nccn3)sc21. The molecule has 13 heteroatoms. The number of hydrogen-bond donors (Lipinski definition) is 1. The highest BCUT2D eigenvalue weighted by Gasteiger charge is 2.37. The maximum absolute atomic E-state index is 15.0. The van der Waals surface area contributed by atoms with Crippen molar-refractivity contribution in [2.45, 2.75) is 52.1 Å². The van der Waals surface area contributed by atoms with Gasteiger partial charge in [0.25, 0.3) is 5.56 Å². The van der Waals surface area contributed by atoms with E-state index in [1.807, 2.05) is 0 Å². The molecular formula is C20H26FN5O6S. The summed E-state index contributed by atoms with van der Waals surface area (Å²) >= 11 is 1.04. The molecule has 0 aliphatic heterocycles. The Bertz CT molecular complexity index is 1260. The van der Waals surface area contributed by atoms with Gasteiger partial charge in [-0.3, -0.25) is 9.36 Å². The lowest BCUT2D eigenvalue weighted by atomic mass is 10.1. The molecule has 0 bridgehead atoms. The molecule has 3 aromatic rings. The van der Waals surface area contributed by atoms with Crippen molar-refractivity contribution in [1.29, 1.82) is 0 Å². The van der Waals surface area contributed by atoms with Gasteiger partial charge in [-0.2, -0.15) is 10.2 Å². The monoisotopic (exact) mass is 483 g/mol. The number of carbonyl (C=O) groups is 1. The highest BCUT2D eigenvalue weighted by molar-refractivity contribution is 7.21. The zero-order valence-electron chi connectivity index (χ0n) is 18.9. The zero-order valence-corrected chi connectivity index (χ0v) is 19.8. The summed E-state index contributed by atoms with van der Waals surface area (Å²) in [7, 11) is 1.52. The number of nitrogens with zero attached hydrogens (tertiary/aromatic N) is 5. The smallest absolute Gasteiger partial charge is 0.333 e. The van der Waals surface area contributed by atoms with Crippen molar-refractivity contribution in [3.05, 3.63) is 38.8 Å². The molecule has 0 radical (unpaired) electrons. The van der Waals surface area contributed by atoms with Crippen molar-refractivity contribution in [2.75, 3.05) is 20.3 Å². The van der Waals surface area contributed by atoms with Crippen molar-refractivity contribution in [2.24, 2.45) is 0 Å². The predicted octanol–water partition coefficient (Wildman–Crippen LogP) is 1.84. The van der Waals surface area contributed by atoms with Gasteiger partial charge in [-0.05, 0) is 34.1 Å². The van der Waals surface area contributed by atoms with E-state index >= 15 is 4.39 Å². The van der Waals surface area contributed by atoms with E-state index in [1.54, 1.807) is 6.92 Å². The Hall–Kier alpha value is -2.90. The van der Waals surface area contributed by atoms with Crippen molar-refractivity contribution < 1.29 is 23.8 Å². The quantitative estimate of drug-likeness (QED) is 0.432. The lowest BCUT2D eigenvalue weighted by Gasteiger charge is -2.26. The van der Waals surface area contributed by atoms with Gasteiger partial charge in [-0.25, -0.2) is 18.5 Å². The fourth-order valence-corrected chi connectivity index (χ4v) is 4.72. The van der Waals surface area contributed by atoms with Gasteiger partial charge in [0.2, 0.25) is 6.36 Å². The highest BCUT2D eigenvalue weighted by atomic mass is 32.1. The molecule has 0 saturated carbocycles. The molecule has 3 heterocycles. The first kappa shape index (κ1) is 24.7. The summed E-state index contributed by atoms with van der Waals surface area (Å²) in [6.07, 6.45) is 1.47. The number of ether oxygens (including phenoxy) is 2. The lowest BCUT2D eigenvalue weighted by Crippen LogP contribution is -2.53. The number of halogens is 1. The number of carboxylic acid groups (broad SMARTS) is 1. The van der Waals surface area contributed by atoms with Crippen LogP contribution in [-0.2, 0) is 19.8 Å². The second-order valence-corrected chi connectivity index (χ2v) is 8.97. The van der Waals surface area contributed by atoms with Crippen molar-refractivity contribution in [1.82, 2.24) is 24.1 Å².